The van der Waals surface area contributed by atoms with E-state index >= 15 is 0 Å². The predicted octanol–water partition coefficient (Wildman–Crippen LogP) is 2.00. The standard InChI is InChI=1S/C15H23NO3/c1-3-19-11(2)4-5-12-6-8-13(9-7-12)10-14(16)15(17)18/h6-9,11,14H,3-5,10,16H2,1-2H3,(H,17,18). The zero-order valence-electron chi connectivity index (χ0n) is 11.6. The zero-order chi connectivity index (χ0) is 14.3. The SMILES string of the molecule is CCOC(C)CCc1ccc(CC(N)C(=O)O)cc1. The van der Waals surface area contributed by atoms with Crippen molar-refractivity contribution in [2.24, 2.45) is 5.73 Å². The molecule has 3 N–H and O–H groups in total. The molecule has 0 amide bonds. The molecule has 0 bridgehead atoms. The molecule has 19 heavy (non-hydrogen) atoms. The second-order valence-corrected chi connectivity index (χ2v) is 4.77. The van der Waals surface area contributed by atoms with Crippen molar-refractivity contribution in [2.75, 3.05) is 6.61 Å². The fourth-order valence-corrected chi connectivity index (χ4v) is 1.92. The molecule has 2 unspecified atom stereocenters. The number of benzene rings is 1. The van der Waals surface area contributed by atoms with Gasteiger partial charge in [-0.15, -0.1) is 0 Å². The van der Waals surface area contributed by atoms with E-state index in [1.165, 1.54) is 5.56 Å². The van der Waals surface area contributed by atoms with Gasteiger partial charge in [-0.25, -0.2) is 0 Å². The molecule has 0 aliphatic carbocycles. The van der Waals surface area contributed by atoms with Crippen LogP contribution in [0.25, 0.3) is 0 Å². The van der Waals surface area contributed by atoms with Gasteiger partial charge in [0.2, 0.25) is 0 Å². The highest BCUT2D eigenvalue weighted by Gasteiger charge is 2.11. The summed E-state index contributed by atoms with van der Waals surface area (Å²) in [6.45, 7) is 4.81. The summed E-state index contributed by atoms with van der Waals surface area (Å²) in [7, 11) is 0. The van der Waals surface area contributed by atoms with Crippen molar-refractivity contribution >= 4 is 5.97 Å². The molecule has 106 valence electrons. The summed E-state index contributed by atoms with van der Waals surface area (Å²) in [6, 6.07) is 7.13. The molecule has 0 radical (unpaired) electrons. The highest BCUT2D eigenvalue weighted by molar-refractivity contribution is 5.73. The number of ether oxygens (including phenoxy) is 1. The minimum Gasteiger partial charge on any atom is -0.480 e. The van der Waals surface area contributed by atoms with Gasteiger partial charge in [-0.3, -0.25) is 4.79 Å². The fourth-order valence-electron chi connectivity index (χ4n) is 1.92. The van der Waals surface area contributed by atoms with Gasteiger partial charge in [0.25, 0.3) is 0 Å². The van der Waals surface area contributed by atoms with Crippen molar-refractivity contribution in [3.05, 3.63) is 35.4 Å². The topological polar surface area (TPSA) is 72.5 Å². The van der Waals surface area contributed by atoms with Crippen LogP contribution in [-0.4, -0.2) is 29.8 Å². The molecule has 0 aromatic heterocycles. The number of hydrogen-bond donors (Lipinski definition) is 2. The minimum atomic E-state index is -0.963. The maximum atomic E-state index is 10.7. The van der Waals surface area contributed by atoms with Crippen LogP contribution in [0.4, 0.5) is 0 Å². The quantitative estimate of drug-likeness (QED) is 0.754. The fraction of sp³-hybridized carbons (Fsp3) is 0.533. The summed E-state index contributed by atoms with van der Waals surface area (Å²) < 4.78 is 5.48. The van der Waals surface area contributed by atoms with E-state index in [0.717, 1.165) is 25.0 Å². The van der Waals surface area contributed by atoms with Crippen molar-refractivity contribution in [3.8, 4) is 0 Å². The van der Waals surface area contributed by atoms with Crippen LogP contribution in [0.15, 0.2) is 24.3 Å². The average molecular weight is 265 g/mol. The summed E-state index contributed by atoms with van der Waals surface area (Å²) in [5, 5.41) is 8.75. The van der Waals surface area contributed by atoms with Crippen molar-refractivity contribution in [1.82, 2.24) is 0 Å². The van der Waals surface area contributed by atoms with Crippen LogP contribution in [0, 0.1) is 0 Å². The van der Waals surface area contributed by atoms with Gasteiger partial charge in [0.1, 0.15) is 6.04 Å². The van der Waals surface area contributed by atoms with Gasteiger partial charge in [-0.05, 0) is 44.2 Å². The highest BCUT2D eigenvalue weighted by atomic mass is 16.5. The molecule has 1 rings (SSSR count). The highest BCUT2D eigenvalue weighted by Crippen LogP contribution is 2.10. The monoisotopic (exact) mass is 265 g/mol. The number of carbonyl (C=O) groups is 1. The first-order valence-electron chi connectivity index (χ1n) is 6.70. The van der Waals surface area contributed by atoms with Crippen LogP contribution in [0.1, 0.15) is 31.4 Å². The van der Waals surface area contributed by atoms with Gasteiger partial charge in [0.15, 0.2) is 0 Å². The Kier molecular flexibility index (Phi) is 6.53. The van der Waals surface area contributed by atoms with Crippen LogP contribution in [0.3, 0.4) is 0 Å². The summed E-state index contributed by atoms with van der Waals surface area (Å²) in [5.41, 5.74) is 7.69. The van der Waals surface area contributed by atoms with Gasteiger partial charge >= 0.3 is 5.97 Å². The van der Waals surface area contributed by atoms with E-state index in [4.69, 9.17) is 15.6 Å². The first-order chi connectivity index (χ1) is 9.02. The molecular weight excluding hydrogens is 242 g/mol. The Morgan fingerprint density at radius 3 is 2.42 bits per heavy atom. The third-order valence-electron chi connectivity index (χ3n) is 3.09. The Hall–Kier alpha value is -1.39. The third kappa shape index (κ3) is 5.85. The molecule has 4 nitrogen and oxygen atoms in total. The molecule has 0 heterocycles. The van der Waals surface area contributed by atoms with Crippen LogP contribution in [0.5, 0.6) is 0 Å². The second-order valence-electron chi connectivity index (χ2n) is 4.77. The minimum absolute atomic E-state index is 0.269. The van der Waals surface area contributed by atoms with Gasteiger partial charge in [-0.1, -0.05) is 24.3 Å². The van der Waals surface area contributed by atoms with E-state index in [-0.39, 0.29) is 6.10 Å². The lowest BCUT2D eigenvalue weighted by atomic mass is 10.0. The lowest BCUT2D eigenvalue weighted by molar-refractivity contribution is -0.138. The lowest BCUT2D eigenvalue weighted by Gasteiger charge is -2.11. The first kappa shape index (κ1) is 15.7. The van der Waals surface area contributed by atoms with Crippen molar-refractivity contribution in [3.63, 3.8) is 0 Å². The van der Waals surface area contributed by atoms with Crippen LogP contribution >= 0.6 is 0 Å². The van der Waals surface area contributed by atoms with Crippen molar-refractivity contribution in [1.29, 1.82) is 0 Å². The van der Waals surface area contributed by atoms with E-state index in [1.54, 1.807) is 0 Å². The lowest BCUT2D eigenvalue weighted by Crippen LogP contribution is -2.32. The first-order valence-corrected chi connectivity index (χ1v) is 6.70. The molecule has 0 saturated heterocycles. The van der Waals surface area contributed by atoms with Crippen LogP contribution < -0.4 is 5.73 Å². The third-order valence-corrected chi connectivity index (χ3v) is 3.09. The van der Waals surface area contributed by atoms with Gasteiger partial charge in [0.05, 0.1) is 6.10 Å². The van der Waals surface area contributed by atoms with E-state index in [2.05, 4.69) is 6.92 Å². The molecule has 0 saturated carbocycles. The summed E-state index contributed by atoms with van der Waals surface area (Å²) in [5.74, 6) is -0.963. The summed E-state index contributed by atoms with van der Waals surface area (Å²) in [4.78, 5) is 10.7. The van der Waals surface area contributed by atoms with E-state index in [9.17, 15) is 4.79 Å². The second kappa shape index (κ2) is 7.92. The number of aliphatic carboxylic acids is 1. The number of nitrogens with two attached hydrogens (primary N) is 1. The molecule has 1 aromatic rings. The van der Waals surface area contributed by atoms with Crippen LogP contribution in [-0.2, 0) is 22.4 Å². The molecule has 1 aromatic carbocycles. The number of carboxylic acid groups (broad SMARTS) is 1. The number of carboxylic acids is 1. The Morgan fingerprint density at radius 1 is 1.32 bits per heavy atom. The molecular formula is C15H23NO3. The smallest absolute Gasteiger partial charge is 0.320 e. The Labute approximate surface area is 114 Å². The predicted molar refractivity (Wildman–Crippen MR) is 75.2 cm³/mol. The van der Waals surface area contributed by atoms with E-state index in [0.29, 0.717) is 6.42 Å². The number of hydrogen-bond acceptors (Lipinski definition) is 3. The Bertz CT molecular complexity index is 389. The van der Waals surface area contributed by atoms with Crippen molar-refractivity contribution < 1.29 is 14.6 Å². The maximum absolute atomic E-state index is 10.7. The Balaban J connectivity index is 2.45. The van der Waals surface area contributed by atoms with Gasteiger partial charge < -0.3 is 15.6 Å². The Morgan fingerprint density at radius 2 is 1.89 bits per heavy atom. The molecule has 0 fully saturated rings. The largest absolute Gasteiger partial charge is 0.480 e. The molecule has 0 aliphatic heterocycles. The molecule has 0 aliphatic rings. The molecule has 2 atom stereocenters. The number of aryl methyl sites for hydroxylation is 1. The molecule has 0 spiro atoms. The normalized spacial score (nSPS) is 14.1. The van der Waals surface area contributed by atoms with E-state index in [1.807, 2.05) is 31.2 Å². The average Bonchev–Trinajstić information content (AvgIpc) is 2.38. The number of rotatable bonds is 8. The summed E-state index contributed by atoms with van der Waals surface area (Å²) >= 11 is 0. The maximum Gasteiger partial charge on any atom is 0.320 e. The van der Waals surface area contributed by atoms with Crippen molar-refractivity contribution in [2.45, 2.75) is 45.3 Å². The van der Waals surface area contributed by atoms with Gasteiger partial charge in [0, 0.05) is 6.61 Å². The zero-order valence-corrected chi connectivity index (χ0v) is 11.6. The van der Waals surface area contributed by atoms with Crippen LogP contribution in [0.2, 0.25) is 0 Å². The molecule has 4 heteroatoms. The summed E-state index contributed by atoms with van der Waals surface area (Å²) in [6.07, 6.45) is 2.59. The van der Waals surface area contributed by atoms with E-state index < -0.39 is 12.0 Å². The van der Waals surface area contributed by atoms with Gasteiger partial charge in [-0.2, -0.15) is 0 Å².